The number of hydrogen-bond donors (Lipinski definition) is 3. The minimum absolute atomic E-state index is 0.129. The van der Waals surface area contributed by atoms with Crippen LogP contribution < -0.4 is 10.6 Å². The van der Waals surface area contributed by atoms with Crippen molar-refractivity contribution in [1.82, 2.24) is 15.5 Å². The van der Waals surface area contributed by atoms with E-state index in [-0.39, 0.29) is 5.56 Å². The molecule has 2 rings (SSSR count). The normalized spacial score (nSPS) is 10.1. The molecule has 0 aliphatic heterocycles. The highest BCUT2D eigenvalue weighted by Gasteiger charge is 2.09. The molecule has 3 N–H and O–H groups in total. The van der Waals surface area contributed by atoms with E-state index in [4.69, 9.17) is 9.63 Å². The van der Waals surface area contributed by atoms with Crippen LogP contribution in [0.25, 0.3) is 0 Å². The zero-order valence-electron chi connectivity index (χ0n) is 10.7. The van der Waals surface area contributed by atoms with E-state index >= 15 is 0 Å². The molecule has 2 aromatic rings. The fourth-order valence-corrected chi connectivity index (χ4v) is 1.98. The highest BCUT2D eigenvalue weighted by atomic mass is 79.9. The first-order valence-electron chi connectivity index (χ1n) is 5.89. The first kappa shape index (κ1) is 15.0. The van der Waals surface area contributed by atoms with Crippen LogP contribution in [0.15, 0.2) is 33.5 Å². The Kier molecular flexibility index (Phi) is 4.88. The van der Waals surface area contributed by atoms with Gasteiger partial charge in [0.05, 0.1) is 11.3 Å². The van der Waals surface area contributed by atoms with Crippen molar-refractivity contribution in [2.45, 2.75) is 6.42 Å². The van der Waals surface area contributed by atoms with Gasteiger partial charge in [-0.15, -0.1) is 0 Å². The Balaban J connectivity index is 1.86. The molecule has 9 heteroatoms. The molecule has 1 aromatic heterocycles. The third kappa shape index (κ3) is 4.28. The third-order valence-corrected chi connectivity index (χ3v) is 3.15. The molecule has 110 valence electrons. The zero-order chi connectivity index (χ0) is 15.2. The third-order valence-electron chi connectivity index (χ3n) is 2.50. The summed E-state index contributed by atoms with van der Waals surface area (Å²) in [5.74, 6) is -0.603. The van der Waals surface area contributed by atoms with Crippen molar-refractivity contribution in [3.05, 3.63) is 40.5 Å². The number of hydrogen-bond acceptors (Lipinski definition) is 5. The first-order chi connectivity index (χ1) is 10.1. The van der Waals surface area contributed by atoms with Gasteiger partial charge in [-0.2, -0.15) is 4.98 Å². The Morgan fingerprint density at radius 3 is 2.81 bits per heavy atom. The number of nitrogens with zero attached hydrogens (tertiary/aromatic N) is 2. The summed E-state index contributed by atoms with van der Waals surface area (Å²) in [6, 6.07) is 3.90. The molecule has 0 fully saturated rings. The number of amides is 2. The van der Waals surface area contributed by atoms with Crippen molar-refractivity contribution in [3.63, 3.8) is 0 Å². The molecule has 1 heterocycles. The van der Waals surface area contributed by atoms with Crippen molar-refractivity contribution in [1.29, 1.82) is 0 Å². The number of halogens is 1. The number of aromatic carboxylic acids is 1. The van der Waals surface area contributed by atoms with E-state index in [2.05, 4.69) is 36.7 Å². The number of anilines is 1. The second-order valence-electron chi connectivity index (χ2n) is 3.97. The Labute approximate surface area is 127 Å². The number of carboxylic acids is 1. The van der Waals surface area contributed by atoms with Gasteiger partial charge in [0.15, 0.2) is 6.33 Å². The van der Waals surface area contributed by atoms with Crippen LogP contribution in [0.1, 0.15) is 16.2 Å². The van der Waals surface area contributed by atoms with Crippen LogP contribution in [0.3, 0.4) is 0 Å². The van der Waals surface area contributed by atoms with Crippen LogP contribution in [-0.2, 0) is 6.42 Å². The van der Waals surface area contributed by atoms with E-state index in [1.807, 2.05) is 0 Å². The minimum atomic E-state index is -1.04. The number of benzene rings is 1. The first-order valence-corrected chi connectivity index (χ1v) is 6.69. The molecule has 0 saturated heterocycles. The lowest BCUT2D eigenvalue weighted by Crippen LogP contribution is -2.30. The molecule has 0 saturated carbocycles. The maximum Gasteiger partial charge on any atom is 0.335 e. The predicted octanol–water partition coefficient (Wildman–Crippen LogP) is 1.89. The van der Waals surface area contributed by atoms with Gasteiger partial charge in [0, 0.05) is 17.4 Å². The van der Waals surface area contributed by atoms with Gasteiger partial charge in [0.2, 0.25) is 5.89 Å². The van der Waals surface area contributed by atoms with E-state index in [1.165, 1.54) is 24.5 Å². The molecule has 1 aromatic carbocycles. The Bertz CT molecular complexity index is 645. The van der Waals surface area contributed by atoms with Crippen LogP contribution in [0.2, 0.25) is 0 Å². The van der Waals surface area contributed by atoms with Gasteiger partial charge in [-0.1, -0.05) is 5.16 Å². The molecule has 0 aliphatic rings. The standard InChI is InChI=1S/C12H11BrN4O4/c13-8-5-7(11(18)19)1-2-9(8)17-12(20)14-4-3-10-15-6-16-21-10/h1-2,5-6H,3-4H2,(H,18,19)(H2,14,17,20). The summed E-state index contributed by atoms with van der Waals surface area (Å²) in [4.78, 5) is 26.3. The second-order valence-corrected chi connectivity index (χ2v) is 4.82. The number of urea groups is 1. The highest BCUT2D eigenvalue weighted by molar-refractivity contribution is 9.10. The summed E-state index contributed by atoms with van der Waals surface area (Å²) in [5, 5.41) is 17.5. The number of carbonyl (C=O) groups is 2. The molecule has 0 aliphatic carbocycles. The summed E-state index contributed by atoms with van der Waals surface area (Å²) in [6.07, 6.45) is 1.71. The van der Waals surface area contributed by atoms with Gasteiger partial charge in [0.25, 0.3) is 0 Å². The average Bonchev–Trinajstić information content (AvgIpc) is 2.94. The number of carbonyl (C=O) groups excluding carboxylic acids is 1. The number of rotatable bonds is 5. The van der Waals surface area contributed by atoms with Gasteiger partial charge in [-0.3, -0.25) is 0 Å². The molecular weight excluding hydrogens is 344 g/mol. The number of nitrogens with one attached hydrogen (secondary N) is 2. The topological polar surface area (TPSA) is 117 Å². The lowest BCUT2D eigenvalue weighted by atomic mass is 10.2. The number of aromatic nitrogens is 2. The van der Waals surface area contributed by atoms with Crippen molar-refractivity contribution in [3.8, 4) is 0 Å². The van der Waals surface area contributed by atoms with Crippen LogP contribution in [-0.4, -0.2) is 33.8 Å². The van der Waals surface area contributed by atoms with Crippen molar-refractivity contribution in [2.24, 2.45) is 0 Å². The van der Waals surface area contributed by atoms with Gasteiger partial charge < -0.3 is 20.3 Å². The van der Waals surface area contributed by atoms with Gasteiger partial charge in [-0.25, -0.2) is 9.59 Å². The number of carboxylic acid groups (broad SMARTS) is 1. The summed E-state index contributed by atoms with van der Waals surface area (Å²) < 4.78 is 5.27. The zero-order valence-corrected chi connectivity index (χ0v) is 12.3. The van der Waals surface area contributed by atoms with Gasteiger partial charge in [-0.05, 0) is 34.1 Å². The molecule has 0 unspecified atom stereocenters. The maximum atomic E-state index is 11.7. The summed E-state index contributed by atoms with van der Waals surface area (Å²) in [6.45, 7) is 0.332. The SMILES string of the molecule is O=C(NCCc1ncno1)Nc1ccc(C(=O)O)cc1Br. The van der Waals surface area contributed by atoms with Crippen LogP contribution in [0.5, 0.6) is 0 Å². The van der Waals surface area contributed by atoms with Crippen LogP contribution in [0.4, 0.5) is 10.5 Å². The van der Waals surface area contributed by atoms with E-state index in [9.17, 15) is 9.59 Å². The minimum Gasteiger partial charge on any atom is -0.478 e. The van der Waals surface area contributed by atoms with Gasteiger partial charge in [0.1, 0.15) is 0 Å². The van der Waals surface area contributed by atoms with Crippen LogP contribution >= 0.6 is 15.9 Å². The molecule has 8 nitrogen and oxygen atoms in total. The lowest BCUT2D eigenvalue weighted by molar-refractivity contribution is 0.0697. The van der Waals surface area contributed by atoms with E-state index in [0.717, 1.165) is 0 Å². The predicted molar refractivity (Wildman–Crippen MR) is 76.1 cm³/mol. The summed E-state index contributed by atoms with van der Waals surface area (Å²) in [5.41, 5.74) is 0.597. The highest BCUT2D eigenvalue weighted by Crippen LogP contribution is 2.23. The molecule has 0 atom stereocenters. The monoisotopic (exact) mass is 354 g/mol. The molecule has 0 spiro atoms. The van der Waals surface area contributed by atoms with Crippen molar-refractivity contribution in [2.75, 3.05) is 11.9 Å². The Morgan fingerprint density at radius 2 is 2.19 bits per heavy atom. The summed E-state index contributed by atoms with van der Waals surface area (Å²) in [7, 11) is 0. The van der Waals surface area contributed by atoms with Gasteiger partial charge >= 0.3 is 12.0 Å². The average molecular weight is 355 g/mol. The lowest BCUT2D eigenvalue weighted by Gasteiger charge is -2.09. The van der Waals surface area contributed by atoms with Crippen molar-refractivity contribution >= 4 is 33.6 Å². The summed E-state index contributed by atoms with van der Waals surface area (Å²) >= 11 is 3.20. The molecule has 21 heavy (non-hydrogen) atoms. The molecule has 0 bridgehead atoms. The quantitative estimate of drug-likeness (QED) is 0.754. The second kappa shape index (κ2) is 6.84. The van der Waals surface area contributed by atoms with E-state index < -0.39 is 12.0 Å². The van der Waals surface area contributed by atoms with E-state index in [0.29, 0.717) is 29.0 Å². The molecule has 0 radical (unpaired) electrons. The van der Waals surface area contributed by atoms with Crippen LogP contribution in [0, 0.1) is 0 Å². The maximum absolute atomic E-state index is 11.7. The smallest absolute Gasteiger partial charge is 0.335 e. The molecular formula is C12H11BrN4O4. The fraction of sp³-hybridized carbons (Fsp3) is 0.167. The Morgan fingerprint density at radius 1 is 1.38 bits per heavy atom. The fourth-order valence-electron chi connectivity index (χ4n) is 1.51. The van der Waals surface area contributed by atoms with Crippen molar-refractivity contribution < 1.29 is 19.2 Å². The van der Waals surface area contributed by atoms with E-state index in [1.54, 1.807) is 0 Å². The Hall–Kier alpha value is -2.42. The molecule has 2 amide bonds. The largest absolute Gasteiger partial charge is 0.478 e.